The van der Waals surface area contributed by atoms with E-state index in [1.54, 1.807) is 12.1 Å². The second-order valence-corrected chi connectivity index (χ2v) is 5.59. The lowest BCUT2D eigenvalue weighted by Gasteiger charge is -2.11. The van der Waals surface area contributed by atoms with Crippen molar-refractivity contribution < 1.29 is 4.92 Å². The average Bonchev–Trinajstić information content (AvgIpc) is 2.42. The van der Waals surface area contributed by atoms with Gasteiger partial charge in [-0.25, -0.2) is 4.98 Å². The predicted molar refractivity (Wildman–Crippen MR) is 89.9 cm³/mol. The van der Waals surface area contributed by atoms with E-state index in [-0.39, 0.29) is 10.8 Å². The number of nitrogens with one attached hydrogen (secondary N) is 2. The molecule has 108 valence electrons. The van der Waals surface area contributed by atoms with Crippen LogP contribution in [0.25, 0.3) is 0 Å². The Labute approximate surface area is 138 Å². The van der Waals surface area contributed by atoms with Gasteiger partial charge >= 0.3 is 0 Å². The molecule has 0 amide bonds. The number of pyridine rings is 1. The van der Waals surface area contributed by atoms with E-state index in [0.717, 1.165) is 10.7 Å². The fourth-order valence-corrected chi connectivity index (χ4v) is 2.36. The van der Waals surface area contributed by atoms with Crippen LogP contribution in [0.2, 0.25) is 5.02 Å². The molecule has 6 nitrogen and oxygen atoms in total. The molecule has 1 aromatic carbocycles. The Kier molecular flexibility index (Phi) is 5.05. The number of benzene rings is 1. The van der Waals surface area contributed by atoms with Crippen molar-refractivity contribution in [2.45, 2.75) is 0 Å². The highest BCUT2D eigenvalue weighted by molar-refractivity contribution is 9.10. The number of hydrogen-bond donors (Lipinski definition) is 2. The number of aromatic nitrogens is 1. The molecular formula is C12H8BrClN4O2S. The minimum absolute atomic E-state index is 0.0876. The van der Waals surface area contributed by atoms with Gasteiger partial charge in [-0.05, 0) is 36.5 Å². The number of halogens is 2. The van der Waals surface area contributed by atoms with Crippen molar-refractivity contribution in [3.63, 3.8) is 0 Å². The van der Waals surface area contributed by atoms with Crippen LogP contribution in [0.4, 0.5) is 17.2 Å². The fourth-order valence-electron chi connectivity index (χ4n) is 1.43. The summed E-state index contributed by atoms with van der Waals surface area (Å²) in [7, 11) is 0. The van der Waals surface area contributed by atoms with Gasteiger partial charge in [0.25, 0.3) is 5.69 Å². The van der Waals surface area contributed by atoms with E-state index in [2.05, 4.69) is 31.5 Å². The first-order chi connectivity index (χ1) is 9.95. The van der Waals surface area contributed by atoms with E-state index < -0.39 is 4.92 Å². The fraction of sp³-hybridized carbons (Fsp3) is 0. The van der Waals surface area contributed by atoms with E-state index in [4.69, 9.17) is 23.8 Å². The molecule has 21 heavy (non-hydrogen) atoms. The predicted octanol–water partition coefficient (Wildman–Crippen LogP) is 4.21. The van der Waals surface area contributed by atoms with Gasteiger partial charge in [-0.1, -0.05) is 27.5 Å². The third kappa shape index (κ3) is 4.35. The first kappa shape index (κ1) is 15.6. The van der Waals surface area contributed by atoms with Crippen LogP contribution in [0.1, 0.15) is 0 Å². The molecule has 0 atom stereocenters. The normalized spacial score (nSPS) is 10.0. The number of thiocarbonyl (C=S) groups is 1. The Balaban J connectivity index is 2.02. The van der Waals surface area contributed by atoms with E-state index in [1.165, 1.54) is 12.1 Å². The molecular weight excluding hydrogens is 380 g/mol. The zero-order valence-corrected chi connectivity index (χ0v) is 13.5. The lowest BCUT2D eigenvalue weighted by Crippen LogP contribution is -2.19. The maximum atomic E-state index is 10.5. The summed E-state index contributed by atoms with van der Waals surface area (Å²) in [5.74, 6) is 0.395. The van der Waals surface area contributed by atoms with Crippen LogP contribution >= 0.6 is 39.7 Å². The maximum absolute atomic E-state index is 10.5. The van der Waals surface area contributed by atoms with Gasteiger partial charge in [0.15, 0.2) is 5.11 Å². The summed E-state index contributed by atoms with van der Waals surface area (Å²) in [6, 6.07) is 8.13. The van der Waals surface area contributed by atoms with Crippen LogP contribution in [0.3, 0.4) is 0 Å². The van der Waals surface area contributed by atoms with Crippen LogP contribution < -0.4 is 10.6 Å². The van der Waals surface area contributed by atoms with Gasteiger partial charge < -0.3 is 10.6 Å². The molecule has 0 bridgehead atoms. The Morgan fingerprint density at radius 1 is 1.33 bits per heavy atom. The largest absolute Gasteiger partial charge is 0.331 e. The standard InChI is InChI=1S/C12H8BrClN4O2S/c13-7-1-3-10(9(14)5-7)16-12(21)17-11-4-2-8(6-15-11)18(19)20/h1-6H,(H2,15,16,17,21). The molecule has 0 spiro atoms. The van der Waals surface area contributed by atoms with Crippen molar-refractivity contribution >= 4 is 62.1 Å². The third-order valence-electron chi connectivity index (χ3n) is 2.38. The summed E-state index contributed by atoms with van der Waals surface area (Å²) in [5, 5.41) is 17.0. The number of anilines is 2. The molecule has 0 aliphatic heterocycles. The summed E-state index contributed by atoms with van der Waals surface area (Å²) in [5.41, 5.74) is 0.551. The van der Waals surface area contributed by atoms with Crippen molar-refractivity contribution in [3.8, 4) is 0 Å². The molecule has 1 heterocycles. The quantitative estimate of drug-likeness (QED) is 0.466. The van der Waals surface area contributed by atoms with E-state index >= 15 is 0 Å². The molecule has 0 aliphatic rings. The summed E-state index contributed by atoms with van der Waals surface area (Å²) in [4.78, 5) is 13.9. The Morgan fingerprint density at radius 2 is 2.10 bits per heavy atom. The van der Waals surface area contributed by atoms with Gasteiger partial charge in [-0.2, -0.15) is 0 Å². The highest BCUT2D eigenvalue weighted by Gasteiger charge is 2.07. The lowest BCUT2D eigenvalue weighted by atomic mass is 10.3. The molecule has 0 aliphatic carbocycles. The van der Waals surface area contributed by atoms with Crippen LogP contribution in [-0.2, 0) is 0 Å². The van der Waals surface area contributed by atoms with Crippen molar-refractivity contribution in [3.05, 3.63) is 56.1 Å². The van der Waals surface area contributed by atoms with Crippen LogP contribution in [0.5, 0.6) is 0 Å². The Hall–Kier alpha value is -1.77. The summed E-state index contributed by atoms with van der Waals surface area (Å²) < 4.78 is 0.856. The lowest BCUT2D eigenvalue weighted by molar-refractivity contribution is -0.385. The number of nitrogens with zero attached hydrogens (tertiary/aromatic N) is 2. The second kappa shape index (κ2) is 6.79. The number of nitro groups is 1. The highest BCUT2D eigenvalue weighted by atomic mass is 79.9. The molecule has 0 unspecified atom stereocenters. The van der Waals surface area contributed by atoms with Crippen molar-refractivity contribution in [2.24, 2.45) is 0 Å². The molecule has 0 fully saturated rings. The highest BCUT2D eigenvalue weighted by Crippen LogP contribution is 2.25. The first-order valence-corrected chi connectivity index (χ1v) is 7.17. The molecule has 2 aromatic rings. The average molecular weight is 388 g/mol. The van der Waals surface area contributed by atoms with E-state index in [0.29, 0.717) is 16.5 Å². The van der Waals surface area contributed by atoms with Gasteiger partial charge in [0.1, 0.15) is 12.0 Å². The summed E-state index contributed by atoms with van der Waals surface area (Å²) in [6.45, 7) is 0. The van der Waals surface area contributed by atoms with Gasteiger partial charge in [0.05, 0.1) is 15.6 Å². The monoisotopic (exact) mass is 386 g/mol. The molecule has 0 saturated heterocycles. The SMILES string of the molecule is O=[N+]([O-])c1ccc(NC(=S)Nc2ccc(Br)cc2Cl)nc1. The molecule has 2 rings (SSSR count). The third-order valence-corrected chi connectivity index (χ3v) is 3.39. The molecule has 9 heteroatoms. The Bertz CT molecular complexity index is 696. The maximum Gasteiger partial charge on any atom is 0.287 e. The van der Waals surface area contributed by atoms with Crippen LogP contribution in [0.15, 0.2) is 41.0 Å². The number of hydrogen-bond acceptors (Lipinski definition) is 4. The summed E-state index contributed by atoms with van der Waals surface area (Å²) >= 11 is 14.5. The smallest absolute Gasteiger partial charge is 0.287 e. The zero-order valence-electron chi connectivity index (χ0n) is 10.3. The Morgan fingerprint density at radius 3 is 2.67 bits per heavy atom. The van der Waals surface area contributed by atoms with Crippen molar-refractivity contribution in [2.75, 3.05) is 10.6 Å². The minimum atomic E-state index is -0.519. The topological polar surface area (TPSA) is 80.1 Å². The van der Waals surface area contributed by atoms with Crippen LogP contribution in [-0.4, -0.2) is 15.0 Å². The van der Waals surface area contributed by atoms with Gasteiger partial charge in [0.2, 0.25) is 0 Å². The summed E-state index contributed by atoms with van der Waals surface area (Å²) in [6.07, 6.45) is 1.15. The minimum Gasteiger partial charge on any atom is -0.331 e. The van der Waals surface area contributed by atoms with Gasteiger partial charge in [-0.3, -0.25) is 10.1 Å². The molecule has 0 radical (unpaired) electrons. The van der Waals surface area contributed by atoms with E-state index in [9.17, 15) is 10.1 Å². The first-order valence-electron chi connectivity index (χ1n) is 5.59. The molecule has 2 N–H and O–H groups in total. The van der Waals surface area contributed by atoms with Gasteiger partial charge in [0, 0.05) is 10.5 Å². The van der Waals surface area contributed by atoms with Gasteiger partial charge in [-0.15, -0.1) is 0 Å². The zero-order chi connectivity index (χ0) is 15.4. The molecule has 1 aromatic heterocycles. The second-order valence-electron chi connectivity index (χ2n) is 3.86. The van der Waals surface area contributed by atoms with Crippen molar-refractivity contribution in [1.29, 1.82) is 0 Å². The van der Waals surface area contributed by atoms with Crippen LogP contribution in [0, 0.1) is 10.1 Å². The molecule has 0 saturated carbocycles. The number of rotatable bonds is 3. The van der Waals surface area contributed by atoms with E-state index in [1.807, 2.05) is 6.07 Å². The van der Waals surface area contributed by atoms with Crippen molar-refractivity contribution in [1.82, 2.24) is 4.98 Å².